The van der Waals surface area contributed by atoms with Crippen LogP contribution in [0.25, 0.3) is 0 Å². The average molecular weight is 430 g/mol. The number of halogens is 4. The van der Waals surface area contributed by atoms with Gasteiger partial charge in [0.15, 0.2) is 11.6 Å². The fraction of sp³-hybridized carbons (Fsp3) is 0. The molecule has 0 fully saturated rings. The maximum Gasteiger partial charge on any atom is 0.335 e. The van der Waals surface area contributed by atoms with Crippen molar-refractivity contribution in [2.75, 3.05) is 10.6 Å². The topological polar surface area (TPSA) is 87.1 Å². The van der Waals surface area contributed by atoms with E-state index >= 15 is 0 Å². The summed E-state index contributed by atoms with van der Waals surface area (Å²) < 4.78 is 14.0. The largest absolute Gasteiger partial charge is 0.478 e. The lowest BCUT2D eigenvalue weighted by Crippen LogP contribution is -2.04. The van der Waals surface area contributed by atoms with Gasteiger partial charge in [0.25, 0.3) is 0 Å². The standard InChI is InChI=1S/C17H11Cl2FN4O2.ClH/c18-11-2-1-3-12(19)14(11)23-15-13(20)8-21-17(24-15)22-10-6-4-9(5-7-10)16(25)26;/h1-8H,(H,25,26)(H2,21,22,23,24);1H. The minimum absolute atomic E-state index is 0. The summed E-state index contributed by atoms with van der Waals surface area (Å²) in [6, 6.07) is 10.8. The number of para-hydroxylation sites is 1. The van der Waals surface area contributed by atoms with Crippen LogP contribution < -0.4 is 10.6 Å². The van der Waals surface area contributed by atoms with Crippen molar-refractivity contribution in [1.82, 2.24) is 9.97 Å². The van der Waals surface area contributed by atoms with Gasteiger partial charge >= 0.3 is 5.97 Å². The van der Waals surface area contributed by atoms with Crippen molar-refractivity contribution in [3.63, 3.8) is 0 Å². The number of hydrogen-bond acceptors (Lipinski definition) is 5. The number of anilines is 4. The molecule has 3 N–H and O–H groups in total. The molecular weight excluding hydrogens is 418 g/mol. The normalized spacial score (nSPS) is 10.0. The highest BCUT2D eigenvalue weighted by molar-refractivity contribution is 6.39. The predicted octanol–water partition coefficient (Wildman–Crippen LogP) is 5.53. The molecule has 1 aromatic heterocycles. The molecule has 27 heavy (non-hydrogen) atoms. The van der Waals surface area contributed by atoms with Gasteiger partial charge in [0.2, 0.25) is 5.95 Å². The molecule has 0 saturated heterocycles. The van der Waals surface area contributed by atoms with E-state index in [2.05, 4.69) is 20.6 Å². The second-order valence-corrected chi connectivity index (χ2v) is 5.93. The highest BCUT2D eigenvalue weighted by Gasteiger charge is 2.12. The highest BCUT2D eigenvalue weighted by Crippen LogP contribution is 2.32. The summed E-state index contributed by atoms with van der Waals surface area (Å²) in [6.07, 6.45) is 0.994. The first kappa shape index (κ1) is 20.7. The molecule has 0 unspecified atom stereocenters. The first-order valence-electron chi connectivity index (χ1n) is 7.28. The molecule has 10 heteroatoms. The molecule has 140 valence electrons. The van der Waals surface area contributed by atoms with Crippen LogP contribution in [0.1, 0.15) is 10.4 Å². The number of rotatable bonds is 5. The fourth-order valence-electron chi connectivity index (χ4n) is 2.08. The van der Waals surface area contributed by atoms with E-state index in [9.17, 15) is 9.18 Å². The van der Waals surface area contributed by atoms with Crippen molar-refractivity contribution in [3.05, 3.63) is 70.1 Å². The van der Waals surface area contributed by atoms with Crippen LogP contribution in [0, 0.1) is 5.82 Å². The molecular formula is C17H12Cl3FN4O2. The molecule has 0 aliphatic rings. The van der Waals surface area contributed by atoms with Crippen LogP contribution >= 0.6 is 35.6 Å². The van der Waals surface area contributed by atoms with Crippen molar-refractivity contribution >= 4 is 64.7 Å². The second-order valence-electron chi connectivity index (χ2n) is 5.12. The number of benzene rings is 2. The van der Waals surface area contributed by atoms with Gasteiger partial charge in [-0.05, 0) is 36.4 Å². The minimum Gasteiger partial charge on any atom is -0.478 e. The van der Waals surface area contributed by atoms with Gasteiger partial charge in [0.1, 0.15) is 0 Å². The van der Waals surface area contributed by atoms with Crippen LogP contribution in [0.15, 0.2) is 48.7 Å². The van der Waals surface area contributed by atoms with Crippen LogP contribution in [0.5, 0.6) is 0 Å². The third kappa shape index (κ3) is 4.97. The molecule has 0 amide bonds. The Labute approximate surface area is 169 Å². The number of nitrogens with zero attached hydrogens (tertiary/aromatic N) is 2. The Morgan fingerprint density at radius 1 is 1.04 bits per heavy atom. The molecule has 0 spiro atoms. The van der Waals surface area contributed by atoms with Crippen LogP contribution in [0.2, 0.25) is 10.0 Å². The zero-order chi connectivity index (χ0) is 18.7. The van der Waals surface area contributed by atoms with E-state index < -0.39 is 11.8 Å². The van der Waals surface area contributed by atoms with Crippen molar-refractivity contribution < 1.29 is 14.3 Å². The van der Waals surface area contributed by atoms with Crippen LogP contribution in [0.3, 0.4) is 0 Å². The maximum atomic E-state index is 14.0. The number of aromatic carboxylic acids is 1. The van der Waals surface area contributed by atoms with E-state index in [1.54, 1.807) is 30.3 Å². The number of nitrogens with one attached hydrogen (secondary N) is 2. The Morgan fingerprint density at radius 2 is 1.67 bits per heavy atom. The molecule has 6 nitrogen and oxygen atoms in total. The lowest BCUT2D eigenvalue weighted by molar-refractivity contribution is 0.0697. The van der Waals surface area contributed by atoms with Gasteiger partial charge < -0.3 is 15.7 Å². The first-order valence-corrected chi connectivity index (χ1v) is 8.03. The second kappa shape index (κ2) is 8.85. The van der Waals surface area contributed by atoms with Crippen LogP contribution in [-0.2, 0) is 0 Å². The van der Waals surface area contributed by atoms with E-state index in [0.717, 1.165) is 6.20 Å². The molecule has 0 aliphatic carbocycles. The summed E-state index contributed by atoms with van der Waals surface area (Å²) >= 11 is 12.1. The zero-order valence-corrected chi connectivity index (χ0v) is 15.7. The Bertz CT molecular complexity index is 951. The number of carboxylic acids is 1. The summed E-state index contributed by atoms with van der Waals surface area (Å²) in [5.41, 5.74) is 1.01. The molecule has 0 radical (unpaired) electrons. The van der Waals surface area contributed by atoms with E-state index in [4.69, 9.17) is 28.3 Å². The van der Waals surface area contributed by atoms with Gasteiger partial charge in [-0.3, -0.25) is 0 Å². The van der Waals surface area contributed by atoms with Gasteiger partial charge in [0.05, 0.1) is 27.5 Å². The average Bonchev–Trinajstić information content (AvgIpc) is 2.61. The quantitative estimate of drug-likeness (QED) is 0.494. The summed E-state index contributed by atoms with van der Waals surface area (Å²) in [4.78, 5) is 18.8. The maximum absolute atomic E-state index is 14.0. The Hall–Kier alpha value is -2.61. The molecule has 0 aliphatic heterocycles. The SMILES string of the molecule is Cl.O=C(O)c1ccc(Nc2ncc(F)c(Nc3c(Cl)cccc3Cl)n2)cc1. The summed E-state index contributed by atoms with van der Waals surface area (Å²) in [6.45, 7) is 0. The van der Waals surface area contributed by atoms with Crippen molar-refractivity contribution in [2.45, 2.75) is 0 Å². The number of carboxylic acid groups (broad SMARTS) is 1. The molecule has 2 aromatic carbocycles. The van der Waals surface area contributed by atoms with Crippen LogP contribution in [-0.4, -0.2) is 21.0 Å². The van der Waals surface area contributed by atoms with Gasteiger partial charge in [-0.15, -0.1) is 12.4 Å². The smallest absolute Gasteiger partial charge is 0.335 e. The zero-order valence-electron chi connectivity index (χ0n) is 13.4. The summed E-state index contributed by atoms with van der Waals surface area (Å²) in [7, 11) is 0. The third-order valence-electron chi connectivity index (χ3n) is 3.34. The monoisotopic (exact) mass is 428 g/mol. The van der Waals surface area contributed by atoms with Crippen molar-refractivity contribution in [3.8, 4) is 0 Å². The molecule has 0 saturated carbocycles. The van der Waals surface area contributed by atoms with Crippen LogP contribution in [0.4, 0.5) is 27.5 Å². The first-order chi connectivity index (χ1) is 12.4. The molecule has 0 bridgehead atoms. The molecule has 3 aromatic rings. The number of carbonyl (C=O) groups is 1. The minimum atomic E-state index is -1.03. The summed E-state index contributed by atoms with van der Waals surface area (Å²) in [5.74, 6) is -1.72. The third-order valence-corrected chi connectivity index (χ3v) is 3.97. The van der Waals surface area contributed by atoms with Gasteiger partial charge in [-0.25, -0.2) is 14.2 Å². The van der Waals surface area contributed by atoms with Gasteiger partial charge in [0, 0.05) is 5.69 Å². The lowest BCUT2D eigenvalue weighted by Gasteiger charge is -2.12. The number of hydrogen-bond donors (Lipinski definition) is 3. The van der Waals surface area contributed by atoms with E-state index in [-0.39, 0.29) is 29.7 Å². The lowest BCUT2D eigenvalue weighted by atomic mass is 10.2. The van der Waals surface area contributed by atoms with E-state index in [1.165, 1.54) is 12.1 Å². The number of aromatic nitrogens is 2. The Balaban J connectivity index is 0.00000261. The molecule has 1 heterocycles. The van der Waals surface area contributed by atoms with Crippen molar-refractivity contribution in [1.29, 1.82) is 0 Å². The fourth-order valence-corrected chi connectivity index (χ4v) is 2.57. The van der Waals surface area contributed by atoms with Crippen molar-refractivity contribution in [2.24, 2.45) is 0 Å². The Morgan fingerprint density at radius 3 is 2.26 bits per heavy atom. The van der Waals surface area contributed by atoms with Gasteiger partial charge in [-0.1, -0.05) is 29.3 Å². The van der Waals surface area contributed by atoms with E-state index in [1.807, 2.05) is 0 Å². The molecule has 0 atom stereocenters. The predicted molar refractivity (Wildman–Crippen MR) is 106 cm³/mol. The Kier molecular flexibility index (Phi) is 6.79. The summed E-state index contributed by atoms with van der Waals surface area (Å²) in [5, 5.41) is 15.1. The van der Waals surface area contributed by atoms with Gasteiger partial charge in [-0.2, -0.15) is 4.98 Å². The molecule has 3 rings (SSSR count). The van der Waals surface area contributed by atoms with E-state index in [0.29, 0.717) is 21.4 Å². The highest BCUT2D eigenvalue weighted by atomic mass is 35.5.